The Kier molecular flexibility index (Phi) is 3.91. The number of para-hydroxylation sites is 1. The second-order valence-corrected chi connectivity index (χ2v) is 6.97. The Labute approximate surface area is 147 Å². The smallest absolute Gasteiger partial charge is 0.312 e. The van der Waals surface area contributed by atoms with Gasteiger partial charge < -0.3 is 14.4 Å². The number of hydrogen-bond acceptors (Lipinski definition) is 4. The first-order valence-electron chi connectivity index (χ1n) is 9.04. The number of esters is 1. The van der Waals surface area contributed by atoms with Crippen LogP contribution in [0.3, 0.4) is 0 Å². The molecule has 2 bridgehead atoms. The van der Waals surface area contributed by atoms with Crippen molar-refractivity contribution < 1.29 is 19.1 Å². The zero-order valence-corrected chi connectivity index (χ0v) is 14.6. The molecule has 1 aromatic carbocycles. The lowest BCUT2D eigenvalue weighted by Crippen LogP contribution is -2.40. The molecule has 5 heteroatoms. The fraction of sp³-hybridized carbons (Fsp3) is 0.500. The summed E-state index contributed by atoms with van der Waals surface area (Å²) in [5.41, 5.74) is 1.34. The third kappa shape index (κ3) is 2.33. The van der Waals surface area contributed by atoms with E-state index in [4.69, 9.17) is 9.47 Å². The molecular weight excluding hydrogens is 318 g/mol. The highest BCUT2D eigenvalue weighted by Gasteiger charge is 2.67. The fourth-order valence-corrected chi connectivity index (χ4v) is 4.34. The maximum absolute atomic E-state index is 13.2. The molecule has 2 fully saturated rings. The Hall–Kier alpha value is -2.14. The number of aryl methyl sites for hydroxylation is 1. The van der Waals surface area contributed by atoms with Crippen molar-refractivity contribution in [2.24, 2.45) is 11.8 Å². The topological polar surface area (TPSA) is 55.8 Å². The first-order chi connectivity index (χ1) is 12.1. The number of carbonyl (C=O) groups is 2. The predicted molar refractivity (Wildman–Crippen MR) is 93.1 cm³/mol. The third-order valence-electron chi connectivity index (χ3n) is 5.48. The lowest BCUT2D eigenvalue weighted by Gasteiger charge is -2.23. The maximum Gasteiger partial charge on any atom is 0.312 e. The van der Waals surface area contributed by atoms with Gasteiger partial charge in [-0.3, -0.25) is 9.59 Å². The molecule has 0 saturated carbocycles. The number of hydrogen-bond donors (Lipinski definition) is 0. The van der Waals surface area contributed by atoms with E-state index in [0.717, 1.165) is 24.1 Å². The second kappa shape index (κ2) is 5.99. The lowest BCUT2D eigenvalue weighted by molar-refractivity contribution is -0.152. The molecule has 25 heavy (non-hydrogen) atoms. The summed E-state index contributed by atoms with van der Waals surface area (Å²) < 4.78 is 11.5. The van der Waals surface area contributed by atoms with Gasteiger partial charge in [0.2, 0.25) is 5.91 Å². The first kappa shape index (κ1) is 16.3. The van der Waals surface area contributed by atoms with Crippen LogP contribution in [0.4, 0.5) is 5.69 Å². The van der Waals surface area contributed by atoms with E-state index >= 15 is 0 Å². The molecule has 4 rings (SSSR count). The zero-order chi connectivity index (χ0) is 17.6. The van der Waals surface area contributed by atoms with E-state index in [2.05, 4.69) is 6.92 Å². The Morgan fingerprint density at radius 1 is 1.36 bits per heavy atom. The molecule has 132 valence electrons. The molecule has 1 spiro atoms. The van der Waals surface area contributed by atoms with Crippen LogP contribution in [0.2, 0.25) is 0 Å². The van der Waals surface area contributed by atoms with E-state index in [-0.39, 0.29) is 18.0 Å². The van der Waals surface area contributed by atoms with Crippen molar-refractivity contribution in [3.63, 3.8) is 0 Å². The van der Waals surface area contributed by atoms with Crippen molar-refractivity contribution in [1.29, 1.82) is 0 Å². The summed E-state index contributed by atoms with van der Waals surface area (Å²) in [4.78, 5) is 27.6. The number of fused-ring (bicyclic) bond motifs is 1. The van der Waals surface area contributed by atoms with Crippen LogP contribution in [-0.2, 0) is 25.5 Å². The van der Waals surface area contributed by atoms with Crippen molar-refractivity contribution in [2.75, 3.05) is 18.1 Å². The van der Waals surface area contributed by atoms with Gasteiger partial charge in [0.15, 0.2) is 0 Å². The van der Waals surface area contributed by atoms with Gasteiger partial charge in [-0.2, -0.15) is 0 Å². The van der Waals surface area contributed by atoms with Crippen LogP contribution in [0.5, 0.6) is 0 Å². The minimum absolute atomic E-state index is 0.0359. The average Bonchev–Trinajstić information content (AvgIpc) is 3.28. The first-order valence-corrected chi connectivity index (χ1v) is 9.04. The van der Waals surface area contributed by atoms with Crippen LogP contribution >= 0.6 is 0 Å². The summed E-state index contributed by atoms with van der Waals surface area (Å²) in [7, 11) is 0. The quantitative estimate of drug-likeness (QED) is 0.610. The monoisotopic (exact) mass is 341 g/mol. The number of anilines is 1. The number of amides is 1. The van der Waals surface area contributed by atoms with Crippen LogP contribution in [0.15, 0.2) is 36.4 Å². The molecule has 0 N–H and O–H groups in total. The van der Waals surface area contributed by atoms with Crippen molar-refractivity contribution in [3.8, 4) is 0 Å². The highest BCUT2D eigenvalue weighted by atomic mass is 16.6. The molecular formula is C20H23NO4. The maximum atomic E-state index is 13.2. The molecule has 3 aliphatic heterocycles. The van der Waals surface area contributed by atoms with Gasteiger partial charge in [-0.25, -0.2) is 0 Å². The van der Waals surface area contributed by atoms with Crippen LogP contribution < -0.4 is 4.90 Å². The molecule has 3 aliphatic rings. The molecule has 5 nitrogen and oxygen atoms in total. The Balaban J connectivity index is 1.67. The minimum atomic E-state index is -0.696. The largest absolute Gasteiger partial charge is 0.465 e. The van der Waals surface area contributed by atoms with Crippen LogP contribution in [0.25, 0.3) is 0 Å². The third-order valence-corrected chi connectivity index (χ3v) is 5.48. The Morgan fingerprint density at radius 3 is 2.92 bits per heavy atom. The van der Waals surface area contributed by atoms with Crippen LogP contribution in [0, 0.1) is 11.8 Å². The highest BCUT2D eigenvalue weighted by molar-refractivity contribution is 6.03. The molecule has 0 radical (unpaired) electrons. The number of nitrogens with zero attached hydrogens (tertiary/aromatic N) is 1. The summed E-state index contributed by atoms with van der Waals surface area (Å²) in [5.74, 6) is -1.38. The van der Waals surface area contributed by atoms with Gasteiger partial charge in [-0.1, -0.05) is 44.2 Å². The van der Waals surface area contributed by atoms with E-state index in [9.17, 15) is 9.59 Å². The van der Waals surface area contributed by atoms with Gasteiger partial charge in [-0.05, 0) is 24.5 Å². The number of rotatable bonds is 5. The Morgan fingerprint density at radius 2 is 2.16 bits per heavy atom. The van der Waals surface area contributed by atoms with Crippen molar-refractivity contribution in [3.05, 3.63) is 42.0 Å². The van der Waals surface area contributed by atoms with E-state index in [0.29, 0.717) is 13.2 Å². The predicted octanol–water partition coefficient (Wildman–Crippen LogP) is 2.49. The Bertz CT molecular complexity index is 743. The normalized spacial score (nSPS) is 32.3. The van der Waals surface area contributed by atoms with Gasteiger partial charge in [0.1, 0.15) is 11.5 Å². The van der Waals surface area contributed by atoms with E-state index in [1.165, 1.54) is 0 Å². The van der Waals surface area contributed by atoms with E-state index in [1.54, 1.807) is 4.90 Å². The molecule has 4 atom stereocenters. The lowest BCUT2D eigenvalue weighted by atomic mass is 9.77. The number of benzene rings is 1. The summed E-state index contributed by atoms with van der Waals surface area (Å²) in [6.45, 7) is 4.86. The van der Waals surface area contributed by atoms with Crippen molar-refractivity contribution in [1.82, 2.24) is 0 Å². The van der Waals surface area contributed by atoms with Crippen molar-refractivity contribution in [2.45, 2.75) is 38.4 Å². The molecule has 0 aliphatic carbocycles. The van der Waals surface area contributed by atoms with Crippen LogP contribution in [0.1, 0.15) is 25.8 Å². The summed E-state index contributed by atoms with van der Waals surface area (Å²) in [6, 6.07) is 7.92. The molecule has 0 aromatic heterocycles. The van der Waals surface area contributed by atoms with Crippen molar-refractivity contribution >= 4 is 17.6 Å². The second-order valence-electron chi connectivity index (χ2n) is 6.97. The van der Waals surface area contributed by atoms with Crippen LogP contribution in [-0.4, -0.2) is 36.7 Å². The highest BCUT2D eigenvalue weighted by Crippen LogP contribution is 2.53. The van der Waals surface area contributed by atoms with Gasteiger partial charge in [0, 0.05) is 5.69 Å². The van der Waals surface area contributed by atoms with Gasteiger partial charge in [0.05, 0.1) is 25.2 Å². The van der Waals surface area contributed by atoms with Gasteiger partial charge in [-0.15, -0.1) is 0 Å². The zero-order valence-electron chi connectivity index (χ0n) is 14.6. The average molecular weight is 341 g/mol. The molecule has 0 unspecified atom stereocenters. The van der Waals surface area contributed by atoms with Gasteiger partial charge in [0.25, 0.3) is 0 Å². The molecule has 2 saturated heterocycles. The number of ether oxygens (including phenoxy) is 2. The molecule has 3 heterocycles. The molecule has 1 aromatic rings. The minimum Gasteiger partial charge on any atom is -0.465 e. The van der Waals surface area contributed by atoms with Gasteiger partial charge >= 0.3 is 5.97 Å². The molecule has 1 amide bonds. The summed E-state index contributed by atoms with van der Waals surface area (Å²) in [6.07, 6.45) is 5.15. The SMILES string of the molecule is CCCOC(=O)[C@H]1[C@H]2C(=O)N(c3ccccc3CC)C[C@]23C=C[C@H]1O3. The van der Waals surface area contributed by atoms with E-state index in [1.807, 2.05) is 43.3 Å². The standard InChI is InChI=1S/C20H23NO4/c1-3-11-24-19(23)16-15-9-10-20(25-15)12-21(18(22)17(16)20)14-8-6-5-7-13(14)4-2/h5-10,15-17H,3-4,11-12H2,1-2H3/t15-,16-,17+,20-/m1/s1. The summed E-state index contributed by atoms with van der Waals surface area (Å²) in [5, 5.41) is 0. The summed E-state index contributed by atoms with van der Waals surface area (Å²) >= 11 is 0. The fourth-order valence-electron chi connectivity index (χ4n) is 4.34. The van der Waals surface area contributed by atoms with E-state index < -0.39 is 17.4 Å². The number of carbonyl (C=O) groups excluding carboxylic acids is 2.